The molecule has 0 nitrogen and oxygen atoms in total. The molecule has 260 valence electrons. The number of fused-ring (bicyclic) bond motifs is 16. The third-order valence-corrected chi connectivity index (χ3v) is 14.5. The van der Waals surface area contributed by atoms with Crippen LogP contribution in [0.4, 0.5) is 0 Å². The van der Waals surface area contributed by atoms with Gasteiger partial charge in [-0.2, -0.15) is 0 Å². The van der Waals surface area contributed by atoms with Crippen LogP contribution in [0.25, 0.3) is 162 Å². The van der Waals surface area contributed by atoms with Gasteiger partial charge in [0.1, 0.15) is 0 Å². The molecule has 16 rings (SSSR count). The topological polar surface area (TPSA) is 0 Å². The van der Waals surface area contributed by atoms with Crippen molar-refractivity contribution in [1.82, 2.24) is 0 Å². The zero-order valence-corrected chi connectivity index (χ0v) is 31.2. The van der Waals surface area contributed by atoms with Crippen LogP contribution in [0.1, 0.15) is 0 Å². The minimum absolute atomic E-state index is 1.27. The summed E-state index contributed by atoms with van der Waals surface area (Å²) < 4.78 is 0. The van der Waals surface area contributed by atoms with Crippen molar-refractivity contribution >= 4 is 151 Å². The Morgan fingerprint density at radius 2 is 0.517 bits per heavy atom. The van der Waals surface area contributed by atoms with Crippen LogP contribution in [0, 0.1) is 0 Å². The molecule has 0 N–H and O–H groups in total. The zero-order valence-electron chi connectivity index (χ0n) is 31.2. The van der Waals surface area contributed by atoms with Gasteiger partial charge in [0.05, 0.1) is 0 Å². The molecule has 0 amide bonds. The van der Waals surface area contributed by atoms with Gasteiger partial charge in [-0.1, -0.05) is 164 Å². The lowest BCUT2D eigenvalue weighted by Crippen LogP contribution is -1.87. The van der Waals surface area contributed by atoms with E-state index in [4.69, 9.17) is 0 Å². The summed E-state index contributed by atoms with van der Waals surface area (Å²) in [7, 11) is 0. The van der Waals surface area contributed by atoms with Crippen molar-refractivity contribution in [3.05, 3.63) is 170 Å². The van der Waals surface area contributed by atoms with Crippen LogP contribution < -0.4 is 0 Å². The third kappa shape index (κ3) is 3.01. The van der Waals surface area contributed by atoms with E-state index in [9.17, 15) is 0 Å². The molecule has 0 aliphatic rings. The van der Waals surface area contributed by atoms with Gasteiger partial charge < -0.3 is 0 Å². The van der Waals surface area contributed by atoms with E-state index in [1.54, 1.807) is 0 Å². The predicted octanol–water partition coefficient (Wildman–Crippen LogP) is 16.7. The monoisotopic (exact) mass is 724 g/mol. The first-order chi connectivity index (χ1) is 28.8. The fourth-order valence-corrected chi connectivity index (χ4v) is 12.5. The number of hydrogen-bond donors (Lipinski definition) is 0. The summed E-state index contributed by atoms with van der Waals surface area (Å²) in [5.74, 6) is 0. The maximum atomic E-state index is 2.47. The lowest BCUT2D eigenvalue weighted by Gasteiger charge is -2.15. The molecule has 0 unspecified atom stereocenters. The van der Waals surface area contributed by atoms with Crippen LogP contribution in [0.5, 0.6) is 0 Å². The Morgan fingerprint density at radius 3 is 1.17 bits per heavy atom. The standard InChI is InChI=1S/C58H28/c1-2-10-29(11-3-1)47-42-19-9-18-34-32-14-5-7-16-36(32)56(52(34)42)58-45-27-24-39-37-20-21-41-46-28-30-12-8-17-33-31-13-4-6-15-35(31)55(48(30)33)54(46)43-25-22-38(49(37)51(41)43)40-23-26-44(57(47)58)53(45)50(39)40/h1-28H. The fourth-order valence-electron chi connectivity index (χ4n) is 12.5. The van der Waals surface area contributed by atoms with E-state index in [-0.39, 0.29) is 0 Å². The molecule has 0 fully saturated rings. The Labute approximate surface area is 330 Å². The second-order valence-electron chi connectivity index (χ2n) is 16.9. The lowest BCUT2D eigenvalue weighted by molar-refractivity contribution is 1.69. The number of rotatable bonds is 1. The van der Waals surface area contributed by atoms with Gasteiger partial charge in [-0.05, 0) is 168 Å². The van der Waals surface area contributed by atoms with Crippen LogP contribution in [0.15, 0.2) is 170 Å². The van der Waals surface area contributed by atoms with Crippen molar-refractivity contribution in [3.8, 4) is 11.1 Å². The molecule has 0 aliphatic carbocycles. The van der Waals surface area contributed by atoms with Gasteiger partial charge in [-0.3, -0.25) is 0 Å². The van der Waals surface area contributed by atoms with E-state index in [0.29, 0.717) is 0 Å². The Bertz CT molecular complexity index is 4430. The van der Waals surface area contributed by atoms with Crippen molar-refractivity contribution in [3.63, 3.8) is 0 Å². The van der Waals surface area contributed by atoms with Crippen LogP contribution in [0.3, 0.4) is 0 Å². The summed E-state index contributed by atoms with van der Waals surface area (Å²) in [5, 5.41) is 38.3. The third-order valence-electron chi connectivity index (χ3n) is 14.5. The van der Waals surface area contributed by atoms with E-state index in [0.717, 1.165) is 0 Å². The average Bonchev–Trinajstić information content (AvgIpc) is 4.01. The second-order valence-corrected chi connectivity index (χ2v) is 16.9. The van der Waals surface area contributed by atoms with Crippen molar-refractivity contribution in [2.45, 2.75) is 0 Å². The molecule has 58 heavy (non-hydrogen) atoms. The van der Waals surface area contributed by atoms with E-state index < -0.39 is 0 Å². The van der Waals surface area contributed by atoms with E-state index in [1.165, 1.54) is 162 Å². The molecule has 0 spiro atoms. The first-order valence-corrected chi connectivity index (χ1v) is 20.5. The molecule has 0 atom stereocenters. The zero-order chi connectivity index (χ0) is 37.1. The Balaban J connectivity index is 1.13. The highest BCUT2D eigenvalue weighted by Gasteiger charge is 2.28. The van der Waals surface area contributed by atoms with Crippen molar-refractivity contribution in [2.75, 3.05) is 0 Å². The number of hydrogen-bond acceptors (Lipinski definition) is 0. The summed E-state index contributed by atoms with van der Waals surface area (Å²) in [6, 6.07) is 65.1. The van der Waals surface area contributed by atoms with Crippen LogP contribution in [0.2, 0.25) is 0 Å². The first-order valence-electron chi connectivity index (χ1n) is 20.5. The maximum Gasteiger partial charge on any atom is -0.000696 e. The molecule has 16 aromatic rings. The first kappa shape index (κ1) is 28.8. The smallest absolute Gasteiger partial charge is 0.000696 e. The van der Waals surface area contributed by atoms with Gasteiger partial charge >= 0.3 is 0 Å². The summed E-state index contributed by atoms with van der Waals surface area (Å²) >= 11 is 0. The Hall–Kier alpha value is -7.54. The van der Waals surface area contributed by atoms with E-state index >= 15 is 0 Å². The number of benzene rings is 12. The molecule has 0 saturated carbocycles. The largest absolute Gasteiger partial charge is 0.0622 e. The normalized spacial score (nSPS) is 13.2. The molecule has 0 heterocycles. The summed E-state index contributed by atoms with van der Waals surface area (Å²) in [6.45, 7) is 0. The van der Waals surface area contributed by atoms with E-state index in [2.05, 4.69) is 170 Å². The molecular formula is C58H28. The summed E-state index contributed by atoms with van der Waals surface area (Å²) in [4.78, 5) is 0. The molecule has 0 aliphatic heterocycles. The van der Waals surface area contributed by atoms with E-state index in [1.807, 2.05) is 0 Å². The quantitative estimate of drug-likeness (QED) is 0.117. The second kappa shape index (κ2) is 9.52. The molecule has 0 heteroatoms. The van der Waals surface area contributed by atoms with Crippen LogP contribution >= 0.6 is 0 Å². The van der Waals surface area contributed by atoms with Crippen LogP contribution in [-0.2, 0) is 0 Å². The summed E-state index contributed by atoms with van der Waals surface area (Å²) in [5.41, 5.74) is 2.62. The lowest BCUT2D eigenvalue weighted by atomic mass is 9.87. The molecule has 0 bridgehead atoms. The van der Waals surface area contributed by atoms with Gasteiger partial charge in [0.2, 0.25) is 0 Å². The highest BCUT2D eigenvalue weighted by atomic mass is 14.3. The predicted molar refractivity (Wildman–Crippen MR) is 253 cm³/mol. The molecule has 0 aromatic heterocycles. The van der Waals surface area contributed by atoms with Crippen molar-refractivity contribution in [1.29, 1.82) is 0 Å². The van der Waals surface area contributed by atoms with Gasteiger partial charge in [0, 0.05) is 0 Å². The van der Waals surface area contributed by atoms with Crippen molar-refractivity contribution in [2.24, 2.45) is 0 Å². The van der Waals surface area contributed by atoms with Crippen molar-refractivity contribution < 1.29 is 0 Å². The fraction of sp³-hybridized carbons (Fsp3) is 0. The average molecular weight is 725 g/mol. The van der Waals surface area contributed by atoms with Gasteiger partial charge in [0.15, 0.2) is 0 Å². The SMILES string of the molecule is c1ccc(-c2c3cccc4c5ccccc5c(c34)c3c4ccc5c6ccc7c8cc9cccc%10c%11ccccc%11c(c9%10)c8c8ccc(c9ccc(c23)c4c95)c6c78)cc1. The molecule has 0 saturated heterocycles. The summed E-state index contributed by atoms with van der Waals surface area (Å²) in [6.07, 6.45) is 0. The highest BCUT2D eigenvalue weighted by Crippen LogP contribution is 2.56. The minimum atomic E-state index is 1.27. The molecule has 16 aromatic carbocycles. The van der Waals surface area contributed by atoms with Gasteiger partial charge in [0.25, 0.3) is 0 Å². The van der Waals surface area contributed by atoms with Gasteiger partial charge in [-0.25, -0.2) is 0 Å². The van der Waals surface area contributed by atoms with Crippen LogP contribution in [-0.4, -0.2) is 0 Å². The molecule has 0 radical (unpaired) electrons. The highest BCUT2D eigenvalue weighted by molar-refractivity contribution is 6.53. The maximum absolute atomic E-state index is 2.47. The minimum Gasteiger partial charge on any atom is -0.0622 e. The Kier molecular flexibility index (Phi) is 4.73. The van der Waals surface area contributed by atoms with Gasteiger partial charge in [-0.15, -0.1) is 0 Å². The molecular weight excluding hydrogens is 697 g/mol. The Morgan fingerprint density at radius 1 is 0.172 bits per heavy atom.